The minimum Gasteiger partial charge on any atom is -0.354 e. The third-order valence-electron chi connectivity index (χ3n) is 3.33. The molecule has 1 aromatic heterocycles. The molecule has 0 aliphatic rings. The summed E-state index contributed by atoms with van der Waals surface area (Å²) in [4.78, 5) is 0. The zero-order valence-electron chi connectivity index (χ0n) is 11.9. The number of aryl methyl sites for hydroxylation is 1. The number of nitrogens with one attached hydrogen (secondary N) is 1. The summed E-state index contributed by atoms with van der Waals surface area (Å²) in [5, 5.41) is 3.26. The van der Waals surface area contributed by atoms with Crippen molar-refractivity contribution in [2.24, 2.45) is 0 Å². The lowest BCUT2D eigenvalue weighted by Gasteiger charge is -2.14. The van der Waals surface area contributed by atoms with E-state index in [0.717, 1.165) is 24.6 Å². The summed E-state index contributed by atoms with van der Waals surface area (Å²) in [5.41, 5.74) is 1.65. The van der Waals surface area contributed by atoms with Crippen molar-refractivity contribution in [2.45, 2.75) is 39.4 Å². The van der Waals surface area contributed by atoms with Crippen LogP contribution in [0.4, 0.5) is 8.78 Å². The van der Waals surface area contributed by atoms with Gasteiger partial charge in [-0.05, 0) is 31.0 Å². The topological polar surface area (TPSA) is 17.0 Å². The Morgan fingerprint density at radius 3 is 2.75 bits per heavy atom. The Bertz CT molecular complexity index is 563. The summed E-state index contributed by atoms with van der Waals surface area (Å²) in [6.45, 7) is 5.67. The summed E-state index contributed by atoms with van der Waals surface area (Å²) in [7, 11) is 0. The van der Waals surface area contributed by atoms with Crippen LogP contribution in [0.3, 0.4) is 0 Å². The van der Waals surface area contributed by atoms with E-state index in [9.17, 15) is 8.78 Å². The van der Waals surface area contributed by atoms with Crippen molar-refractivity contribution >= 4 is 0 Å². The van der Waals surface area contributed by atoms with Crippen molar-refractivity contribution in [1.82, 2.24) is 9.88 Å². The van der Waals surface area contributed by atoms with Crippen LogP contribution >= 0.6 is 0 Å². The molecule has 0 bridgehead atoms. The molecule has 1 heterocycles. The van der Waals surface area contributed by atoms with Gasteiger partial charge in [0.05, 0.1) is 0 Å². The molecule has 2 aromatic rings. The van der Waals surface area contributed by atoms with Crippen LogP contribution in [-0.2, 0) is 13.1 Å². The lowest BCUT2D eigenvalue weighted by molar-refractivity contribution is 0.517. The molecule has 0 amide bonds. The Labute approximate surface area is 118 Å². The maximum absolute atomic E-state index is 13.6. The monoisotopic (exact) mass is 278 g/mol. The van der Waals surface area contributed by atoms with Gasteiger partial charge in [-0.3, -0.25) is 0 Å². The number of hydrogen-bond acceptors (Lipinski definition) is 1. The van der Waals surface area contributed by atoms with Crippen LogP contribution in [0.25, 0.3) is 0 Å². The van der Waals surface area contributed by atoms with Crippen LogP contribution in [0.2, 0.25) is 0 Å². The summed E-state index contributed by atoms with van der Waals surface area (Å²) in [6, 6.07) is 5.59. The molecule has 0 saturated carbocycles. The second-order valence-corrected chi connectivity index (χ2v) is 5.03. The Morgan fingerprint density at radius 2 is 2.05 bits per heavy atom. The average molecular weight is 278 g/mol. The third-order valence-corrected chi connectivity index (χ3v) is 3.33. The van der Waals surface area contributed by atoms with Crippen molar-refractivity contribution in [3.63, 3.8) is 0 Å². The molecule has 4 heteroatoms. The summed E-state index contributed by atoms with van der Waals surface area (Å²) in [6.07, 6.45) is 5.23. The molecule has 0 aliphatic carbocycles. The first kappa shape index (κ1) is 14.7. The maximum atomic E-state index is 13.6. The lowest BCUT2D eigenvalue weighted by atomic mass is 10.1. The number of rotatable bonds is 6. The summed E-state index contributed by atoms with van der Waals surface area (Å²) in [5.74, 6) is -1.05. The van der Waals surface area contributed by atoms with E-state index in [0.29, 0.717) is 12.1 Å². The van der Waals surface area contributed by atoms with Gasteiger partial charge in [-0.15, -0.1) is 0 Å². The number of benzene rings is 1. The molecule has 1 unspecified atom stereocenters. The Morgan fingerprint density at radius 1 is 1.25 bits per heavy atom. The fourth-order valence-electron chi connectivity index (χ4n) is 2.23. The van der Waals surface area contributed by atoms with Gasteiger partial charge in [-0.1, -0.05) is 13.0 Å². The van der Waals surface area contributed by atoms with E-state index in [1.165, 1.54) is 12.1 Å². The van der Waals surface area contributed by atoms with Crippen molar-refractivity contribution < 1.29 is 8.78 Å². The van der Waals surface area contributed by atoms with Gasteiger partial charge in [0.2, 0.25) is 0 Å². The highest BCUT2D eigenvalue weighted by molar-refractivity contribution is 5.22. The molecule has 0 fully saturated rings. The van der Waals surface area contributed by atoms with Crippen LogP contribution in [-0.4, -0.2) is 4.57 Å². The van der Waals surface area contributed by atoms with Gasteiger partial charge in [0.15, 0.2) is 0 Å². The molecular weight excluding hydrogens is 258 g/mol. The largest absolute Gasteiger partial charge is 0.354 e. The van der Waals surface area contributed by atoms with Gasteiger partial charge in [-0.2, -0.15) is 0 Å². The molecular formula is C16H20F2N2. The highest BCUT2D eigenvalue weighted by Crippen LogP contribution is 2.18. The van der Waals surface area contributed by atoms with Crippen LogP contribution in [0.1, 0.15) is 37.4 Å². The molecule has 2 rings (SSSR count). The summed E-state index contributed by atoms with van der Waals surface area (Å²) < 4.78 is 28.7. The summed E-state index contributed by atoms with van der Waals surface area (Å²) >= 11 is 0. The van der Waals surface area contributed by atoms with Gasteiger partial charge in [0.25, 0.3) is 0 Å². The first-order valence-electron chi connectivity index (χ1n) is 6.93. The molecule has 0 radical (unpaired) electrons. The van der Waals surface area contributed by atoms with E-state index < -0.39 is 11.6 Å². The Hall–Kier alpha value is -1.68. The first-order valence-corrected chi connectivity index (χ1v) is 6.93. The fourth-order valence-corrected chi connectivity index (χ4v) is 2.23. The van der Waals surface area contributed by atoms with E-state index >= 15 is 0 Å². The average Bonchev–Trinajstić information content (AvgIpc) is 2.84. The molecule has 1 aromatic carbocycles. The second-order valence-electron chi connectivity index (χ2n) is 5.03. The number of nitrogens with zero attached hydrogens (tertiary/aromatic N) is 1. The van der Waals surface area contributed by atoms with Gasteiger partial charge in [-0.25, -0.2) is 8.78 Å². The normalized spacial score (nSPS) is 12.6. The number of halogens is 2. The van der Waals surface area contributed by atoms with Gasteiger partial charge in [0, 0.05) is 43.2 Å². The van der Waals surface area contributed by atoms with Crippen LogP contribution < -0.4 is 5.32 Å². The predicted octanol–water partition coefficient (Wildman–Crippen LogP) is 4.03. The quantitative estimate of drug-likeness (QED) is 0.844. The third kappa shape index (κ3) is 3.67. The second kappa shape index (κ2) is 6.66. The first-order chi connectivity index (χ1) is 9.60. The van der Waals surface area contributed by atoms with E-state index in [1.807, 2.05) is 13.1 Å². The Balaban J connectivity index is 1.95. The molecule has 20 heavy (non-hydrogen) atoms. The minimum atomic E-state index is -0.546. The molecule has 0 spiro atoms. The predicted molar refractivity (Wildman–Crippen MR) is 76.3 cm³/mol. The molecule has 0 aliphatic heterocycles. The van der Waals surface area contributed by atoms with Crippen molar-refractivity contribution in [1.29, 1.82) is 0 Å². The van der Waals surface area contributed by atoms with Gasteiger partial charge >= 0.3 is 0 Å². The standard InChI is InChI=1S/C16H20F2N2/c1-3-7-20-8-6-13(11-20)10-19-12(2)15-5-4-14(17)9-16(15)18/h4-6,8-9,11-12,19H,3,7,10H2,1-2H3. The highest BCUT2D eigenvalue weighted by Gasteiger charge is 2.11. The SMILES string of the molecule is CCCn1ccc(CNC(C)c2ccc(F)cc2F)c1. The van der Waals surface area contributed by atoms with Crippen molar-refractivity contribution in [3.8, 4) is 0 Å². The highest BCUT2D eigenvalue weighted by atomic mass is 19.1. The fraction of sp³-hybridized carbons (Fsp3) is 0.375. The van der Waals surface area contributed by atoms with Crippen LogP contribution in [0.5, 0.6) is 0 Å². The van der Waals surface area contributed by atoms with Crippen molar-refractivity contribution in [3.05, 3.63) is 59.4 Å². The molecule has 108 valence electrons. The molecule has 2 nitrogen and oxygen atoms in total. The van der Waals surface area contributed by atoms with E-state index in [2.05, 4.69) is 29.1 Å². The minimum absolute atomic E-state index is 0.162. The number of aromatic nitrogens is 1. The van der Waals surface area contributed by atoms with Crippen molar-refractivity contribution in [2.75, 3.05) is 0 Å². The van der Waals surface area contributed by atoms with E-state index in [4.69, 9.17) is 0 Å². The van der Waals surface area contributed by atoms with Gasteiger partial charge in [0.1, 0.15) is 11.6 Å². The van der Waals surface area contributed by atoms with Crippen LogP contribution in [0.15, 0.2) is 36.7 Å². The smallest absolute Gasteiger partial charge is 0.130 e. The zero-order chi connectivity index (χ0) is 14.5. The Kier molecular flexibility index (Phi) is 4.90. The molecule has 1 atom stereocenters. The van der Waals surface area contributed by atoms with Crippen LogP contribution in [0, 0.1) is 11.6 Å². The molecule has 0 saturated heterocycles. The molecule has 1 N–H and O–H groups in total. The van der Waals surface area contributed by atoms with E-state index in [1.54, 1.807) is 0 Å². The van der Waals surface area contributed by atoms with E-state index in [-0.39, 0.29) is 6.04 Å². The maximum Gasteiger partial charge on any atom is 0.130 e. The lowest BCUT2D eigenvalue weighted by Crippen LogP contribution is -2.19. The zero-order valence-corrected chi connectivity index (χ0v) is 11.9. The number of hydrogen-bond donors (Lipinski definition) is 1. The van der Waals surface area contributed by atoms with Gasteiger partial charge < -0.3 is 9.88 Å².